The van der Waals surface area contributed by atoms with Gasteiger partial charge in [-0.1, -0.05) is 19.8 Å². The number of morpholine rings is 1. The first kappa shape index (κ1) is 20.2. The van der Waals surface area contributed by atoms with Crippen molar-refractivity contribution in [2.45, 2.75) is 64.1 Å². The van der Waals surface area contributed by atoms with E-state index in [9.17, 15) is 0 Å². The van der Waals surface area contributed by atoms with Gasteiger partial charge in [-0.2, -0.15) is 0 Å². The molecule has 140 valence electrons. The van der Waals surface area contributed by atoms with Crippen LogP contribution in [-0.2, 0) is 9.47 Å². The van der Waals surface area contributed by atoms with Gasteiger partial charge in [-0.25, -0.2) is 0 Å². The van der Waals surface area contributed by atoms with Gasteiger partial charge in [-0.05, 0) is 37.5 Å². The third-order valence-corrected chi connectivity index (χ3v) is 6.02. The number of nitrogens with one attached hydrogen (secondary N) is 1. The van der Waals surface area contributed by atoms with E-state index in [1.165, 1.54) is 32.1 Å². The van der Waals surface area contributed by atoms with Gasteiger partial charge in [0.1, 0.15) is 6.10 Å². The Morgan fingerprint density at radius 1 is 1.17 bits per heavy atom. The summed E-state index contributed by atoms with van der Waals surface area (Å²) in [5, 5.41) is 3.66. The number of rotatable bonds is 4. The topological polar surface area (TPSA) is 46.1 Å². The molecule has 2 saturated heterocycles. The molecule has 0 spiro atoms. The van der Waals surface area contributed by atoms with Crippen molar-refractivity contribution < 1.29 is 9.47 Å². The molecule has 2 aliphatic heterocycles. The molecule has 1 aliphatic carbocycles. The maximum Gasteiger partial charge on any atom is 0.193 e. The molecule has 0 amide bonds. The fourth-order valence-corrected chi connectivity index (χ4v) is 4.37. The summed E-state index contributed by atoms with van der Waals surface area (Å²) in [6.45, 7) is 6.85. The highest BCUT2D eigenvalue weighted by atomic mass is 127. The fraction of sp³-hybridized carbons (Fsp3) is 0.944. The van der Waals surface area contributed by atoms with E-state index in [-0.39, 0.29) is 36.2 Å². The van der Waals surface area contributed by atoms with Gasteiger partial charge in [-0.15, -0.1) is 24.0 Å². The maximum atomic E-state index is 5.96. The highest BCUT2D eigenvalue weighted by Gasteiger charge is 2.34. The predicted molar refractivity (Wildman–Crippen MR) is 108 cm³/mol. The molecular weight excluding hydrogens is 417 g/mol. The molecule has 2 atom stereocenters. The highest BCUT2D eigenvalue weighted by molar-refractivity contribution is 14.0. The zero-order chi connectivity index (χ0) is 16.1. The molecule has 6 heteroatoms. The number of guanidine groups is 1. The van der Waals surface area contributed by atoms with Crippen LogP contribution in [0.2, 0.25) is 0 Å². The van der Waals surface area contributed by atoms with Crippen LogP contribution in [0.25, 0.3) is 0 Å². The highest BCUT2D eigenvalue weighted by Crippen LogP contribution is 2.40. The first-order valence-corrected chi connectivity index (χ1v) is 9.45. The number of hydrogen-bond acceptors (Lipinski definition) is 3. The lowest BCUT2D eigenvalue weighted by Crippen LogP contribution is -2.54. The summed E-state index contributed by atoms with van der Waals surface area (Å²) in [4.78, 5) is 6.89. The lowest BCUT2D eigenvalue weighted by atomic mass is 9.83. The average Bonchev–Trinajstić information content (AvgIpc) is 3.28. The van der Waals surface area contributed by atoms with Gasteiger partial charge in [0.05, 0.1) is 12.7 Å². The Balaban J connectivity index is 0.00000208. The quantitative estimate of drug-likeness (QED) is 0.406. The Morgan fingerprint density at radius 2 is 1.92 bits per heavy atom. The molecule has 3 fully saturated rings. The largest absolute Gasteiger partial charge is 0.375 e. The summed E-state index contributed by atoms with van der Waals surface area (Å²) >= 11 is 0. The van der Waals surface area contributed by atoms with Crippen molar-refractivity contribution in [1.29, 1.82) is 0 Å². The molecule has 0 bridgehead atoms. The zero-order valence-electron chi connectivity index (χ0n) is 15.3. The molecule has 0 aromatic heterocycles. The van der Waals surface area contributed by atoms with Crippen LogP contribution < -0.4 is 5.32 Å². The van der Waals surface area contributed by atoms with Gasteiger partial charge >= 0.3 is 0 Å². The summed E-state index contributed by atoms with van der Waals surface area (Å²) in [6, 6.07) is 0. The van der Waals surface area contributed by atoms with Gasteiger partial charge in [0.15, 0.2) is 5.96 Å². The average molecular weight is 451 g/mol. The minimum atomic E-state index is 0. The summed E-state index contributed by atoms with van der Waals surface area (Å²) in [7, 11) is 1.89. The van der Waals surface area contributed by atoms with Crippen LogP contribution in [0.15, 0.2) is 4.99 Å². The van der Waals surface area contributed by atoms with Crippen molar-refractivity contribution in [3.8, 4) is 0 Å². The van der Waals surface area contributed by atoms with E-state index in [0.29, 0.717) is 5.41 Å². The van der Waals surface area contributed by atoms with Crippen molar-refractivity contribution in [3.63, 3.8) is 0 Å². The molecule has 0 aromatic carbocycles. The summed E-state index contributed by atoms with van der Waals surface area (Å²) in [5.41, 5.74) is 0.482. The molecule has 1 saturated carbocycles. The molecule has 0 aromatic rings. The first-order chi connectivity index (χ1) is 11.3. The molecule has 2 unspecified atom stereocenters. The Kier molecular flexibility index (Phi) is 8.07. The molecule has 3 rings (SSSR count). The monoisotopic (exact) mass is 451 g/mol. The summed E-state index contributed by atoms with van der Waals surface area (Å²) < 4.78 is 11.8. The van der Waals surface area contributed by atoms with Crippen LogP contribution in [0.4, 0.5) is 0 Å². The number of hydrogen-bond donors (Lipinski definition) is 1. The predicted octanol–water partition coefficient (Wildman–Crippen LogP) is 3.03. The molecule has 24 heavy (non-hydrogen) atoms. The van der Waals surface area contributed by atoms with Crippen LogP contribution in [0.1, 0.15) is 51.9 Å². The smallest absolute Gasteiger partial charge is 0.193 e. The molecule has 2 heterocycles. The maximum absolute atomic E-state index is 5.96. The SMILES string of the molecule is CCC1(CNC(=NC)N2CCOC(C3CCCO3)C2)CCCC1.I. The van der Waals surface area contributed by atoms with Crippen molar-refractivity contribution in [1.82, 2.24) is 10.2 Å². The van der Waals surface area contributed by atoms with Crippen molar-refractivity contribution in [2.75, 3.05) is 39.9 Å². The minimum Gasteiger partial charge on any atom is -0.375 e. The van der Waals surface area contributed by atoms with E-state index < -0.39 is 0 Å². The van der Waals surface area contributed by atoms with Gasteiger partial charge in [0.2, 0.25) is 0 Å². The number of halogens is 1. The molecule has 0 radical (unpaired) electrons. The summed E-state index contributed by atoms with van der Waals surface area (Å²) in [5.74, 6) is 1.04. The van der Waals surface area contributed by atoms with Crippen molar-refractivity contribution in [2.24, 2.45) is 10.4 Å². The summed E-state index contributed by atoms with van der Waals surface area (Å²) in [6.07, 6.45) is 9.49. The van der Waals surface area contributed by atoms with Gasteiger partial charge in [-0.3, -0.25) is 4.99 Å². The lowest BCUT2D eigenvalue weighted by Gasteiger charge is -2.38. The van der Waals surface area contributed by atoms with Crippen LogP contribution >= 0.6 is 24.0 Å². The van der Waals surface area contributed by atoms with Crippen LogP contribution in [0, 0.1) is 5.41 Å². The van der Waals surface area contributed by atoms with E-state index in [4.69, 9.17) is 9.47 Å². The lowest BCUT2D eigenvalue weighted by molar-refractivity contribution is -0.0817. The molecule has 1 N–H and O–H groups in total. The second-order valence-electron chi connectivity index (χ2n) is 7.37. The van der Waals surface area contributed by atoms with E-state index in [2.05, 4.69) is 22.1 Å². The van der Waals surface area contributed by atoms with Crippen LogP contribution in [0.5, 0.6) is 0 Å². The molecule has 5 nitrogen and oxygen atoms in total. The fourth-order valence-electron chi connectivity index (χ4n) is 4.37. The number of ether oxygens (including phenoxy) is 2. The second kappa shape index (κ2) is 9.57. The zero-order valence-corrected chi connectivity index (χ0v) is 17.6. The van der Waals surface area contributed by atoms with E-state index in [0.717, 1.165) is 51.6 Å². The van der Waals surface area contributed by atoms with Gasteiger partial charge in [0.25, 0.3) is 0 Å². The van der Waals surface area contributed by atoms with E-state index in [1.54, 1.807) is 0 Å². The molecular formula is C18H34IN3O2. The number of aliphatic imine (C=N–C) groups is 1. The van der Waals surface area contributed by atoms with E-state index >= 15 is 0 Å². The Bertz CT molecular complexity index is 407. The first-order valence-electron chi connectivity index (χ1n) is 9.45. The van der Waals surface area contributed by atoms with Crippen LogP contribution in [-0.4, -0.2) is 63.0 Å². The Labute approximate surface area is 164 Å². The van der Waals surface area contributed by atoms with Gasteiger partial charge in [0, 0.05) is 33.3 Å². The second-order valence-corrected chi connectivity index (χ2v) is 7.37. The Morgan fingerprint density at radius 3 is 2.54 bits per heavy atom. The van der Waals surface area contributed by atoms with Gasteiger partial charge < -0.3 is 19.7 Å². The standard InChI is InChI=1S/C18H33N3O2.HI/c1-3-18(8-4-5-9-18)14-20-17(19-2)21-10-12-23-16(13-21)15-7-6-11-22-15;/h15-16H,3-14H2,1-2H3,(H,19,20);1H. The van der Waals surface area contributed by atoms with Crippen molar-refractivity contribution >= 4 is 29.9 Å². The Hall–Kier alpha value is -0.0800. The number of nitrogens with zero attached hydrogens (tertiary/aromatic N) is 2. The van der Waals surface area contributed by atoms with Crippen LogP contribution in [0.3, 0.4) is 0 Å². The normalized spacial score (nSPS) is 30.2. The third-order valence-electron chi connectivity index (χ3n) is 6.02. The third kappa shape index (κ3) is 4.75. The minimum absolute atomic E-state index is 0. The van der Waals surface area contributed by atoms with E-state index in [1.807, 2.05) is 7.05 Å². The molecule has 3 aliphatic rings. The van der Waals surface area contributed by atoms with Crippen molar-refractivity contribution in [3.05, 3.63) is 0 Å².